The van der Waals surface area contributed by atoms with Crippen LogP contribution in [0.1, 0.15) is 142 Å². The monoisotopic (exact) mass is 353 g/mol. The van der Waals surface area contributed by atoms with Gasteiger partial charge in [0, 0.05) is 6.61 Å². The van der Waals surface area contributed by atoms with Crippen LogP contribution in [0.2, 0.25) is 0 Å². The third kappa shape index (κ3) is 24.0. The number of hydrogen-bond donors (Lipinski definition) is 0. The SMILES string of the molecule is CCCCCCCCCCCCCCCCCCC[CH]OCCCC. The molecule has 0 saturated carbocycles. The zero-order valence-corrected chi connectivity index (χ0v) is 17.8. The predicted molar refractivity (Wildman–Crippen MR) is 114 cm³/mol. The van der Waals surface area contributed by atoms with Crippen LogP contribution in [0.25, 0.3) is 0 Å². The van der Waals surface area contributed by atoms with Gasteiger partial charge in [0.1, 0.15) is 0 Å². The van der Waals surface area contributed by atoms with Crippen molar-refractivity contribution in [1.29, 1.82) is 0 Å². The van der Waals surface area contributed by atoms with E-state index in [4.69, 9.17) is 4.74 Å². The second-order valence-electron chi connectivity index (χ2n) is 7.84. The topological polar surface area (TPSA) is 9.23 Å². The zero-order valence-electron chi connectivity index (χ0n) is 17.8. The van der Waals surface area contributed by atoms with Crippen LogP contribution in [0.4, 0.5) is 0 Å². The van der Waals surface area contributed by atoms with Gasteiger partial charge in [0.05, 0.1) is 6.61 Å². The fourth-order valence-corrected chi connectivity index (χ4v) is 3.35. The van der Waals surface area contributed by atoms with Crippen LogP contribution in [-0.2, 0) is 4.74 Å². The van der Waals surface area contributed by atoms with Crippen molar-refractivity contribution in [3.63, 3.8) is 0 Å². The Morgan fingerprint density at radius 2 is 0.800 bits per heavy atom. The van der Waals surface area contributed by atoms with Gasteiger partial charge in [0.15, 0.2) is 0 Å². The van der Waals surface area contributed by atoms with Gasteiger partial charge in [-0.15, -0.1) is 0 Å². The van der Waals surface area contributed by atoms with E-state index < -0.39 is 0 Å². The first-order chi connectivity index (χ1) is 12.4. The van der Waals surface area contributed by atoms with Crippen molar-refractivity contribution in [2.45, 2.75) is 142 Å². The molecule has 0 unspecified atom stereocenters. The van der Waals surface area contributed by atoms with E-state index in [1.807, 2.05) is 6.61 Å². The largest absolute Gasteiger partial charge is 0.376 e. The van der Waals surface area contributed by atoms with Crippen molar-refractivity contribution in [2.24, 2.45) is 0 Å². The Morgan fingerprint density at radius 3 is 1.20 bits per heavy atom. The van der Waals surface area contributed by atoms with Gasteiger partial charge in [0.25, 0.3) is 0 Å². The number of rotatable bonds is 22. The maximum Gasteiger partial charge on any atom is 0.0836 e. The van der Waals surface area contributed by atoms with E-state index in [1.165, 1.54) is 122 Å². The summed E-state index contributed by atoms with van der Waals surface area (Å²) in [4.78, 5) is 0. The molecule has 151 valence electrons. The Kier molecular flexibility index (Phi) is 23.9. The van der Waals surface area contributed by atoms with Crippen LogP contribution >= 0.6 is 0 Å². The van der Waals surface area contributed by atoms with E-state index in [1.54, 1.807) is 0 Å². The summed E-state index contributed by atoms with van der Waals surface area (Å²) in [5, 5.41) is 0. The molecule has 1 radical (unpaired) electrons. The fraction of sp³-hybridized carbons (Fsp3) is 0.958. The summed E-state index contributed by atoms with van der Waals surface area (Å²) >= 11 is 0. The fourth-order valence-electron chi connectivity index (χ4n) is 3.35. The van der Waals surface area contributed by atoms with E-state index in [0.717, 1.165) is 13.0 Å². The summed E-state index contributed by atoms with van der Waals surface area (Å²) in [6, 6.07) is 0. The second kappa shape index (κ2) is 24.0. The quantitative estimate of drug-likeness (QED) is 0.176. The van der Waals surface area contributed by atoms with Crippen molar-refractivity contribution < 1.29 is 4.74 Å². The summed E-state index contributed by atoms with van der Waals surface area (Å²) in [5.41, 5.74) is 0. The molecule has 0 amide bonds. The van der Waals surface area contributed by atoms with Gasteiger partial charge >= 0.3 is 0 Å². The lowest BCUT2D eigenvalue weighted by Gasteiger charge is -2.04. The van der Waals surface area contributed by atoms with E-state index in [2.05, 4.69) is 13.8 Å². The molecule has 0 aromatic heterocycles. The van der Waals surface area contributed by atoms with Crippen LogP contribution < -0.4 is 0 Å². The van der Waals surface area contributed by atoms with Crippen LogP contribution in [-0.4, -0.2) is 6.61 Å². The minimum Gasteiger partial charge on any atom is -0.376 e. The summed E-state index contributed by atoms with van der Waals surface area (Å²) in [6.07, 6.45) is 28.1. The summed E-state index contributed by atoms with van der Waals surface area (Å²) in [5.74, 6) is 0. The molecule has 0 N–H and O–H groups in total. The van der Waals surface area contributed by atoms with Crippen LogP contribution in [0.3, 0.4) is 0 Å². The standard InChI is InChI=1S/C24H49O/c1-3-5-7-8-9-10-11-12-13-14-15-16-17-18-19-20-21-22-24-25-23-6-4-2/h24H,3-23H2,1-2H3. The molecule has 25 heavy (non-hydrogen) atoms. The van der Waals surface area contributed by atoms with Gasteiger partial charge < -0.3 is 4.74 Å². The molecular weight excluding hydrogens is 304 g/mol. The molecule has 0 bridgehead atoms. The van der Waals surface area contributed by atoms with Crippen molar-refractivity contribution in [1.82, 2.24) is 0 Å². The average Bonchev–Trinajstić information content (AvgIpc) is 2.63. The highest BCUT2D eigenvalue weighted by Gasteiger charge is 1.95. The van der Waals surface area contributed by atoms with E-state index in [9.17, 15) is 0 Å². The van der Waals surface area contributed by atoms with Crippen LogP contribution in [0.5, 0.6) is 0 Å². The molecule has 0 aromatic carbocycles. The lowest BCUT2D eigenvalue weighted by Crippen LogP contribution is -1.91. The number of ether oxygens (including phenoxy) is 1. The lowest BCUT2D eigenvalue weighted by atomic mass is 10.0. The van der Waals surface area contributed by atoms with E-state index in [-0.39, 0.29) is 0 Å². The summed E-state index contributed by atoms with van der Waals surface area (Å²) < 4.78 is 5.48. The molecule has 1 nitrogen and oxygen atoms in total. The third-order valence-corrected chi connectivity index (χ3v) is 5.16. The highest BCUT2D eigenvalue weighted by atomic mass is 16.5. The molecule has 1 heteroatoms. The first kappa shape index (κ1) is 25.0. The molecule has 0 atom stereocenters. The van der Waals surface area contributed by atoms with Crippen molar-refractivity contribution >= 4 is 0 Å². The normalized spacial score (nSPS) is 11.3. The Balaban J connectivity index is 2.94. The molecule has 0 aromatic rings. The van der Waals surface area contributed by atoms with Crippen LogP contribution in [0.15, 0.2) is 0 Å². The van der Waals surface area contributed by atoms with E-state index in [0.29, 0.717) is 0 Å². The molecule has 0 aliphatic rings. The molecule has 0 saturated heterocycles. The third-order valence-electron chi connectivity index (χ3n) is 5.16. The van der Waals surface area contributed by atoms with Crippen molar-refractivity contribution in [3.8, 4) is 0 Å². The molecule has 0 fully saturated rings. The van der Waals surface area contributed by atoms with Gasteiger partial charge in [-0.1, -0.05) is 129 Å². The molecular formula is C24H49O. The maximum absolute atomic E-state index is 5.48. The molecule has 0 spiro atoms. The first-order valence-electron chi connectivity index (χ1n) is 11.8. The van der Waals surface area contributed by atoms with Crippen molar-refractivity contribution in [3.05, 3.63) is 6.61 Å². The average molecular weight is 354 g/mol. The van der Waals surface area contributed by atoms with Gasteiger partial charge in [-0.25, -0.2) is 0 Å². The summed E-state index contributed by atoms with van der Waals surface area (Å²) in [6.45, 7) is 7.45. The molecule has 0 aliphatic carbocycles. The number of unbranched alkanes of at least 4 members (excludes halogenated alkanes) is 18. The minimum absolute atomic E-state index is 0.912. The maximum atomic E-state index is 5.48. The summed E-state index contributed by atoms with van der Waals surface area (Å²) in [7, 11) is 0. The van der Waals surface area contributed by atoms with Crippen LogP contribution in [0, 0.1) is 6.61 Å². The molecule has 0 rings (SSSR count). The highest BCUT2D eigenvalue weighted by Crippen LogP contribution is 2.14. The second-order valence-corrected chi connectivity index (χ2v) is 7.84. The van der Waals surface area contributed by atoms with Gasteiger partial charge in [-0.05, 0) is 12.8 Å². The smallest absolute Gasteiger partial charge is 0.0836 e. The zero-order chi connectivity index (χ0) is 18.3. The number of hydrogen-bond acceptors (Lipinski definition) is 1. The molecule has 0 heterocycles. The van der Waals surface area contributed by atoms with Gasteiger partial charge in [0.2, 0.25) is 0 Å². The lowest BCUT2D eigenvalue weighted by molar-refractivity contribution is 0.185. The highest BCUT2D eigenvalue weighted by molar-refractivity contribution is 4.54. The van der Waals surface area contributed by atoms with E-state index >= 15 is 0 Å². The Labute approximate surface area is 160 Å². The Hall–Kier alpha value is -0.0400. The molecule has 0 aliphatic heterocycles. The van der Waals surface area contributed by atoms with Gasteiger partial charge in [-0.2, -0.15) is 0 Å². The Morgan fingerprint density at radius 1 is 0.440 bits per heavy atom. The first-order valence-corrected chi connectivity index (χ1v) is 11.8. The predicted octanol–water partition coefficient (Wildman–Crippen LogP) is 9.01. The van der Waals surface area contributed by atoms with Crippen molar-refractivity contribution in [2.75, 3.05) is 6.61 Å². The minimum atomic E-state index is 0.912. The Bertz CT molecular complexity index is 192. The van der Waals surface area contributed by atoms with Gasteiger partial charge in [-0.3, -0.25) is 0 Å².